The molecule has 1 aliphatic carbocycles. The Morgan fingerprint density at radius 2 is 2.06 bits per heavy atom. The molecule has 0 aliphatic heterocycles. The van der Waals surface area contributed by atoms with Crippen LogP contribution in [-0.4, -0.2) is 10.4 Å². The molecule has 0 N–H and O–H groups in total. The summed E-state index contributed by atoms with van der Waals surface area (Å²) in [5.41, 5.74) is 2.45. The van der Waals surface area contributed by atoms with E-state index in [1.165, 1.54) is 12.1 Å². The van der Waals surface area contributed by atoms with Crippen LogP contribution in [0.25, 0.3) is 5.69 Å². The van der Waals surface area contributed by atoms with Gasteiger partial charge in [-0.15, -0.1) is 0 Å². The fraction of sp³-hybridized carbons (Fsp3) is 0.214. The van der Waals surface area contributed by atoms with Gasteiger partial charge in [0.1, 0.15) is 5.82 Å². The standard InChI is InChI=1S/C14H11ClFNO/c15-11-8-9(16)4-5-13(11)17-7-6-10-12(17)2-1-3-14(10)18/h4-8H,1-3H2. The Morgan fingerprint density at radius 1 is 1.22 bits per heavy atom. The van der Waals surface area contributed by atoms with Gasteiger partial charge in [0.2, 0.25) is 0 Å². The lowest BCUT2D eigenvalue weighted by Crippen LogP contribution is -2.12. The fourth-order valence-electron chi connectivity index (χ4n) is 2.43. The van der Waals surface area contributed by atoms with E-state index in [2.05, 4.69) is 0 Å². The van der Waals surface area contributed by atoms with Gasteiger partial charge in [-0.25, -0.2) is 4.39 Å². The summed E-state index contributed by atoms with van der Waals surface area (Å²) in [7, 11) is 0. The highest BCUT2D eigenvalue weighted by Gasteiger charge is 2.21. The molecule has 1 aromatic heterocycles. The van der Waals surface area contributed by atoms with E-state index in [-0.39, 0.29) is 11.6 Å². The molecule has 0 atom stereocenters. The minimum Gasteiger partial charge on any atom is -0.319 e. The quantitative estimate of drug-likeness (QED) is 0.767. The predicted molar refractivity (Wildman–Crippen MR) is 68.0 cm³/mol. The van der Waals surface area contributed by atoms with Gasteiger partial charge in [0.25, 0.3) is 0 Å². The number of fused-ring (bicyclic) bond motifs is 1. The molecule has 92 valence electrons. The van der Waals surface area contributed by atoms with Crippen molar-refractivity contribution >= 4 is 17.4 Å². The van der Waals surface area contributed by atoms with Crippen molar-refractivity contribution < 1.29 is 9.18 Å². The molecule has 1 heterocycles. The van der Waals surface area contributed by atoms with Gasteiger partial charge >= 0.3 is 0 Å². The molecular weight excluding hydrogens is 253 g/mol. The first-order chi connectivity index (χ1) is 8.66. The van der Waals surface area contributed by atoms with Crippen LogP contribution in [0.2, 0.25) is 5.02 Å². The van der Waals surface area contributed by atoms with Crippen molar-refractivity contribution in [1.82, 2.24) is 4.57 Å². The Balaban J connectivity index is 2.15. The van der Waals surface area contributed by atoms with Crippen molar-refractivity contribution in [3.8, 4) is 5.69 Å². The number of carbonyl (C=O) groups excluding carboxylic acids is 1. The summed E-state index contributed by atoms with van der Waals surface area (Å²) in [6, 6.07) is 6.11. The van der Waals surface area contributed by atoms with Crippen LogP contribution in [0, 0.1) is 5.82 Å². The zero-order valence-electron chi connectivity index (χ0n) is 9.62. The minimum absolute atomic E-state index is 0.174. The normalized spacial score (nSPS) is 14.7. The highest BCUT2D eigenvalue weighted by Crippen LogP contribution is 2.29. The van der Waals surface area contributed by atoms with Gasteiger partial charge in [-0.3, -0.25) is 4.79 Å². The average molecular weight is 264 g/mol. The maximum Gasteiger partial charge on any atom is 0.164 e. The molecule has 0 spiro atoms. The lowest BCUT2D eigenvalue weighted by molar-refractivity contribution is 0.0972. The Kier molecular flexibility index (Phi) is 2.71. The SMILES string of the molecule is O=C1CCCc2c1ccn2-c1ccc(F)cc1Cl. The molecule has 4 heteroatoms. The number of aromatic nitrogens is 1. The molecule has 0 unspecified atom stereocenters. The molecule has 2 nitrogen and oxygen atoms in total. The van der Waals surface area contributed by atoms with E-state index < -0.39 is 0 Å². The Bertz CT molecular complexity index is 633. The first-order valence-electron chi connectivity index (χ1n) is 5.85. The van der Waals surface area contributed by atoms with Crippen LogP contribution in [-0.2, 0) is 6.42 Å². The largest absolute Gasteiger partial charge is 0.319 e. The second-order valence-corrected chi connectivity index (χ2v) is 4.83. The Morgan fingerprint density at radius 3 is 2.83 bits per heavy atom. The molecule has 0 amide bonds. The van der Waals surface area contributed by atoms with E-state index in [4.69, 9.17) is 11.6 Å². The van der Waals surface area contributed by atoms with Gasteiger partial charge in [0.05, 0.1) is 10.7 Å². The highest BCUT2D eigenvalue weighted by atomic mass is 35.5. The van der Waals surface area contributed by atoms with Crippen LogP contribution >= 0.6 is 11.6 Å². The van der Waals surface area contributed by atoms with Crippen LogP contribution in [0.5, 0.6) is 0 Å². The van der Waals surface area contributed by atoms with Crippen LogP contribution in [0.15, 0.2) is 30.5 Å². The topological polar surface area (TPSA) is 22.0 Å². The van der Waals surface area contributed by atoms with Gasteiger partial charge in [-0.2, -0.15) is 0 Å². The third-order valence-corrected chi connectivity index (χ3v) is 3.58. The maximum atomic E-state index is 13.0. The maximum absolute atomic E-state index is 13.0. The van der Waals surface area contributed by atoms with E-state index in [0.29, 0.717) is 17.1 Å². The Labute approximate surface area is 109 Å². The molecule has 0 bridgehead atoms. The molecule has 1 aliphatic rings. The van der Waals surface area contributed by atoms with Crippen LogP contribution in [0.1, 0.15) is 28.9 Å². The second-order valence-electron chi connectivity index (χ2n) is 4.42. The van der Waals surface area contributed by atoms with E-state index in [0.717, 1.165) is 24.1 Å². The fourth-order valence-corrected chi connectivity index (χ4v) is 2.69. The number of nitrogens with zero attached hydrogens (tertiary/aromatic N) is 1. The monoisotopic (exact) mass is 263 g/mol. The number of benzene rings is 1. The van der Waals surface area contributed by atoms with Gasteiger partial charge in [-0.1, -0.05) is 11.6 Å². The molecule has 2 aromatic rings. The molecule has 3 rings (SSSR count). The highest BCUT2D eigenvalue weighted by molar-refractivity contribution is 6.32. The number of hydrogen-bond donors (Lipinski definition) is 0. The lowest BCUT2D eigenvalue weighted by Gasteiger charge is -2.15. The first kappa shape index (κ1) is 11.5. The number of carbonyl (C=O) groups is 1. The van der Waals surface area contributed by atoms with Crippen molar-refractivity contribution in [3.63, 3.8) is 0 Å². The summed E-state index contributed by atoms with van der Waals surface area (Å²) in [5.74, 6) is -0.186. The summed E-state index contributed by atoms with van der Waals surface area (Å²) in [5, 5.41) is 0.353. The van der Waals surface area contributed by atoms with Gasteiger partial charge in [-0.05, 0) is 37.1 Å². The summed E-state index contributed by atoms with van der Waals surface area (Å²) < 4.78 is 14.9. The van der Waals surface area contributed by atoms with E-state index in [1.54, 1.807) is 6.07 Å². The van der Waals surface area contributed by atoms with Crippen molar-refractivity contribution in [2.75, 3.05) is 0 Å². The van der Waals surface area contributed by atoms with Crippen molar-refractivity contribution in [2.45, 2.75) is 19.3 Å². The number of Topliss-reactive ketones (excluding diaryl/α,β-unsaturated/α-hetero) is 1. The number of rotatable bonds is 1. The zero-order chi connectivity index (χ0) is 12.7. The van der Waals surface area contributed by atoms with Crippen molar-refractivity contribution in [1.29, 1.82) is 0 Å². The third-order valence-electron chi connectivity index (χ3n) is 3.28. The van der Waals surface area contributed by atoms with E-state index >= 15 is 0 Å². The van der Waals surface area contributed by atoms with Gasteiger partial charge in [0.15, 0.2) is 5.78 Å². The van der Waals surface area contributed by atoms with Crippen molar-refractivity contribution in [2.24, 2.45) is 0 Å². The summed E-state index contributed by atoms with van der Waals surface area (Å²) in [6.45, 7) is 0. The molecular formula is C14H11ClFNO. The smallest absolute Gasteiger partial charge is 0.164 e. The minimum atomic E-state index is -0.360. The second kappa shape index (κ2) is 4.25. The van der Waals surface area contributed by atoms with E-state index in [1.807, 2.05) is 16.8 Å². The molecule has 0 fully saturated rings. The van der Waals surface area contributed by atoms with E-state index in [9.17, 15) is 9.18 Å². The number of ketones is 1. The molecule has 0 radical (unpaired) electrons. The summed E-state index contributed by atoms with van der Waals surface area (Å²) in [4.78, 5) is 11.8. The van der Waals surface area contributed by atoms with Crippen molar-refractivity contribution in [3.05, 3.63) is 52.6 Å². The molecule has 0 saturated heterocycles. The predicted octanol–water partition coefficient (Wildman–Crippen LogP) is 3.79. The van der Waals surface area contributed by atoms with Crippen LogP contribution in [0.4, 0.5) is 4.39 Å². The first-order valence-corrected chi connectivity index (χ1v) is 6.23. The number of hydrogen-bond acceptors (Lipinski definition) is 1. The average Bonchev–Trinajstić information content (AvgIpc) is 2.74. The lowest BCUT2D eigenvalue weighted by atomic mass is 9.97. The van der Waals surface area contributed by atoms with Crippen LogP contribution in [0.3, 0.4) is 0 Å². The van der Waals surface area contributed by atoms with Gasteiger partial charge in [0, 0.05) is 23.9 Å². The van der Waals surface area contributed by atoms with Gasteiger partial charge < -0.3 is 4.57 Å². The molecule has 18 heavy (non-hydrogen) atoms. The summed E-state index contributed by atoms with van der Waals surface area (Å²) >= 11 is 6.05. The third kappa shape index (κ3) is 1.75. The summed E-state index contributed by atoms with van der Waals surface area (Å²) in [6.07, 6.45) is 4.14. The molecule has 0 saturated carbocycles. The Hall–Kier alpha value is -1.61. The molecule has 1 aromatic carbocycles. The zero-order valence-corrected chi connectivity index (χ0v) is 10.4. The van der Waals surface area contributed by atoms with Crippen LogP contribution < -0.4 is 0 Å². The number of halogens is 2.